The number of rotatable bonds is 2. The Morgan fingerprint density at radius 1 is 1.50 bits per heavy atom. The van der Waals surface area contributed by atoms with Gasteiger partial charge in [-0.3, -0.25) is 4.57 Å². The van der Waals surface area contributed by atoms with Crippen LogP contribution in [0.25, 0.3) is 0 Å². The molecule has 0 aliphatic heterocycles. The molecule has 1 aliphatic carbocycles. The van der Waals surface area contributed by atoms with Crippen molar-refractivity contribution in [1.82, 2.24) is 14.8 Å². The van der Waals surface area contributed by atoms with E-state index in [9.17, 15) is 0 Å². The van der Waals surface area contributed by atoms with E-state index in [2.05, 4.69) is 35.5 Å². The fraction of sp³-hybridized carbons (Fsp3) is 0.800. The molecule has 1 aromatic rings. The van der Waals surface area contributed by atoms with Crippen LogP contribution in [0.1, 0.15) is 45.5 Å². The first-order valence-corrected chi connectivity index (χ1v) is 5.53. The van der Waals surface area contributed by atoms with E-state index in [-0.39, 0.29) is 0 Å². The zero-order chi connectivity index (χ0) is 10.3. The van der Waals surface area contributed by atoms with E-state index >= 15 is 0 Å². The van der Waals surface area contributed by atoms with E-state index in [0.29, 0.717) is 16.7 Å². The van der Waals surface area contributed by atoms with Gasteiger partial charge in [-0.2, -0.15) is 0 Å². The number of aromatic nitrogens is 3. The SMILES string of the molecule is CCc1nnc(Cl)n1C1CCC1(C)C. The Morgan fingerprint density at radius 2 is 2.21 bits per heavy atom. The molecule has 1 heterocycles. The average Bonchev–Trinajstić information content (AvgIpc) is 2.47. The predicted octanol–water partition coefficient (Wildman–Crippen LogP) is 2.86. The van der Waals surface area contributed by atoms with Crippen molar-refractivity contribution in [3.05, 3.63) is 11.1 Å². The highest BCUT2D eigenvalue weighted by Gasteiger charge is 2.41. The van der Waals surface area contributed by atoms with E-state index in [1.54, 1.807) is 0 Å². The van der Waals surface area contributed by atoms with E-state index in [1.807, 2.05) is 0 Å². The molecule has 2 rings (SSSR count). The molecule has 0 N–H and O–H groups in total. The highest BCUT2D eigenvalue weighted by Crippen LogP contribution is 2.50. The van der Waals surface area contributed by atoms with Crippen LogP contribution in [0.5, 0.6) is 0 Å². The van der Waals surface area contributed by atoms with Gasteiger partial charge in [0.15, 0.2) is 0 Å². The fourth-order valence-corrected chi connectivity index (χ4v) is 2.43. The van der Waals surface area contributed by atoms with Gasteiger partial charge in [0.2, 0.25) is 5.28 Å². The van der Waals surface area contributed by atoms with Crippen molar-refractivity contribution in [2.45, 2.75) is 46.1 Å². The largest absolute Gasteiger partial charge is 0.298 e. The molecule has 0 aromatic carbocycles. The molecule has 4 heteroatoms. The molecule has 78 valence electrons. The number of hydrogen-bond donors (Lipinski definition) is 0. The molecule has 0 bridgehead atoms. The van der Waals surface area contributed by atoms with Crippen molar-refractivity contribution in [3.63, 3.8) is 0 Å². The van der Waals surface area contributed by atoms with Crippen LogP contribution in [0, 0.1) is 5.41 Å². The molecule has 0 saturated heterocycles. The predicted molar refractivity (Wildman–Crippen MR) is 56.5 cm³/mol. The van der Waals surface area contributed by atoms with Crippen LogP contribution in [0.2, 0.25) is 5.28 Å². The first kappa shape index (κ1) is 9.97. The lowest BCUT2D eigenvalue weighted by Crippen LogP contribution is -2.37. The average molecular weight is 214 g/mol. The molecule has 1 unspecified atom stereocenters. The molecule has 0 spiro atoms. The van der Waals surface area contributed by atoms with Crippen molar-refractivity contribution in [1.29, 1.82) is 0 Å². The lowest BCUT2D eigenvalue weighted by atomic mass is 9.67. The van der Waals surface area contributed by atoms with Crippen LogP contribution >= 0.6 is 11.6 Å². The van der Waals surface area contributed by atoms with E-state index in [1.165, 1.54) is 12.8 Å². The molecule has 3 nitrogen and oxygen atoms in total. The van der Waals surface area contributed by atoms with Crippen LogP contribution in [0.4, 0.5) is 0 Å². The van der Waals surface area contributed by atoms with E-state index in [0.717, 1.165) is 12.2 Å². The highest BCUT2D eigenvalue weighted by molar-refractivity contribution is 6.28. The second kappa shape index (κ2) is 3.23. The molecule has 1 aromatic heterocycles. The summed E-state index contributed by atoms with van der Waals surface area (Å²) in [7, 11) is 0. The van der Waals surface area contributed by atoms with Gasteiger partial charge in [0.25, 0.3) is 0 Å². The zero-order valence-corrected chi connectivity index (χ0v) is 9.67. The van der Waals surface area contributed by atoms with E-state index < -0.39 is 0 Å². The third kappa shape index (κ3) is 1.34. The lowest BCUT2D eigenvalue weighted by molar-refractivity contribution is 0.0795. The number of aryl methyl sites for hydroxylation is 1. The van der Waals surface area contributed by atoms with Gasteiger partial charge in [0.05, 0.1) is 0 Å². The molecule has 0 amide bonds. The van der Waals surface area contributed by atoms with Gasteiger partial charge in [-0.05, 0) is 29.9 Å². The summed E-state index contributed by atoms with van der Waals surface area (Å²) >= 11 is 6.05. The Kier molecular flexibility index (Phi) is 2.30. The topological polar surface area (TPSA) is 30.7 Å². The Balaban J connectivity index is 2.35. The number of nitrogens with zero attached hydrogens (tertiary/aromatic N) is 3. The summed E-state index contributed by atoms with van der Waals surface area (Å²) in [4.78, 5) is 0. The molecular formula is C10H16ClN3. The minimum Gasteiger partial charge on any atom is -0.298 e. The standard InChI is InChI=1S/C10H16ClN3/c1-4-8-12-13-9(11)14(8)7-5-6-10(7,2)3/h7H,4-6H2,1-3H3. The molecule has 1 fully saturated rings. The summed E-state index contributed by atoms with van der Waals surface area (Å²) in [5.41, 5.74) is 0.343. The molecule has 14 heavy (non-hydrogen) atoms. The fourth-order valence-electron chi connectivity index (χ4n) is 2.18. The minimum absolute atomic E-state index is 0.343. The van der Waals surface area contributed by atoms with Crippen molar-refractivity contribution in [2.75, 3.05) is 0 Å². The third-order valence-corrected chi connectivity index (χ3v) is 3.57. The number of hydrogen-bond acceptors (Lipinski definition) is 2. The first-order valence-electron chi connectivity index (χ1n) is 5.15. The van der Waals surface area contributed by atoms with Gasteiger partial charge < -0.3 is 0 Å². The lowest BCUT2D eigenvalue weighted by Gasteiger charge is -2.45. The summed E-state index contributed by atoms with van der Waals surface area (Å²) in [6, 6.07) is 0.486. The van der Waals surface area contributed by atoms with Crippen molar-refractivity contribution in [2.24, 2.45) is 5.41 Å². The third-order valence-electron chi connectivity index (χ3n) is 3.32. The van der Waals surface area contributed by atoms with Crippen molar-refractivity contribution < 1.29 is 0 Å². The van der Waals surface area contributed by atoms with Gasteiger partial charge in [0.1, 0.15) is 5.82 Å². The Hall–Kier alpha value is -0.570. The maximum atomic E-state index is 6.05. The normalized spacial score (nSPS) is 24.7. The van der Waals surface area contributed by atoms with Crippen LogP contribution in [-0.4, -0.2) is 14.8 Å². The maximum Gasteiger partial charge on any atom is 0.225 e. The summed E-state index contributed by atoms with van der Waals surface area (Å²) in [5, 5.41) is 8.56. The Morgan fingerprint density at radius 3 is 2.64 bits per heavy atom. The Bertz CT molecular complexity index is 343. The monoisotopic (exact) mass is 213 g/mol. The van der Waals surface area contributed by atoms with Crippen molar-refractivity contribution >= 4 is 11.6 Å². The number of halogens is 1. The van der Waals surface area contributed by atoms with Crippen LogP contribution in [0.15, 0.2) is 0 Å². The smallest absolute Gasteiger partial charge is 0.225 e. The molecule has 1 atom stereocenters. The molecular weight excluding hydrogens is 198 g/mol. The highest BCUT2D eigenvalue weighted by atomic mass is 35.5. The second-order valence-corrected chi connectivity index (χ2v) is 4.99. The van der Waals surface area contributed by atoms with Gasteiger partial charge >= 0.3 is 0 Å². The maximum absolute atomic E-state index is 6.05. The minimum atomic E-state index is 0.343. The quantitative estimate of drug-likeness (QED) is 0.757. The van der Waals surface area contributed by atoms with E-state index in [4.69, 9.17) is 11.6 Å². The molecule has 0 radical (unpaired) electrons. The van der Waals surface area contributed by atoms with Crippen LogP contribution in [0.3, 0.4) is 0 Å². The molecule has 1 saturated carbocycles. The Labute approximate surface area is 89.5 Å². The zero-order valence-electron chi connectivity index (χ0n) is 8.92. The summed E-state index contributed by atoms with van der Waals surface area (Å²) in [6.45, 7) is 6.64. The molecule has 1 aliphatic rings. The summed E-state index contributed by atoms with van der Waals surface area (Å²) in [5.74, 6) is 1.01. The first-order chi connectivity index (χ1) is 6.56. The van der Waals surface area contributed by atoms with Crippen LogP contribution < -0.4 is 0 Å². The van der Waals surface area contributed by atoms with Gasteiger partial charge in [-0.25, -0.2) is 0 Å². The second-order valence-electron chi connectivity index (χ2n) is 4.65. The van der Waals surface area contributed by atoms with Crippen LogP contribution in [-0.2, 0) is 6.42 Å². The summed E-state index contributed by atoms with van der Waals surface area (Å²) in [6.07, 6.45) is 3.35. The summed E-state index contributed by atoms with van der Waals surface area (Å²) < 4.78 is 2.10. The van der Waals surface area contributed by atoms with Gasteiger partial charge in [-0.15, -0.1) is 10.2 Å². The van der Waals surface area contributed by atoms with Gasteiger partial charge in [-0.1, -0.05) is 20.8 Å². The van der Waals surface area contributed by atoms with Crippen molar-refractivity contribution in [3.8, 4) is 0 Å². The van der Waals surface area contributed by atoms with Gasteiger partial charge in [0, 0.05) is 12.5 Å².